The summed E-state index contributed by atoms with van der Waals surface area (Å²) in [5.41, 5.74) is 0.806. The summed E-state index contributed by atoms with van der Waals surface area (Å²) in [5.74, 6) is -0.101. The number of carbonyl (C=O) groups excluding carboxylic acids is 2. The summed E-state index contributed by atoms with van der Waals surface area (Å²) in [6.45, 7) is 0.583. The van der Waals surface area contributed by atoms with Gasteiger partial charge in [0.15, 0.2) is 0 Å². The van der Waals surface area contributed by atoms with E-state index in [0.717, 1.165) is 22.1 Å². The molecule has 118 valence electrons. The van der Waals surface area contributed by atoms with Crippen LogP contribution >= 0.6 is 22.6 Å². The lowest BCUT2D eigenvalue weighted by atomic mass is 9.94. The van der Waals surface area contributed by atoms with Crippen LogP contribution in [0.25, 0.3) is 0 Å². The molecule has 1 aromatic rings. The largest absolute Gasteiger partial charge is 0.339 e. The molecule has 0 bridgehead atoms. The Morgan fingerprint density at radius 3 is 2.73 bits per heavy atom. The van der Waals surface area contributed by atoms with E-state index in [1.165, 1.54) is 19.3 Å². The first-order valence-electron chi connectivity index (χ1n) is 7.99. The number of hydrogen-bond donors (Lipinski definition) is 1. The Kier molecular flexibility index (Phi) is 5.00. The average molecular weight is 412 g/mol. The fourth-order valence-electron chi connectivity index (χ4n) is 3.46. The van der Waals surface area contributed by atoms with Gasteiger partial charge in [-0.3, -0.25) is 9.59 Å². The third-order valence-corrected chi connectivity index (χ3v) is 5.31. The van der Waals surface area contributed by atoms with E-state index in [4.69, 9.17) is 0 Å². The lowest BCUT2D eigenvalue weighted by Gasteiger charge is -2.31. The van der Waals surface area contributed by atoms with Crippen LogP contribution in [-0.2, 0) is 9.59 Å². The molecule has 1 aliphatic carbocycles. The number of rotatable bonds is 3. The lowest BCUT2D eigenvalue weighted by Crippen LogP contribution is -2.38. The van der Waals surface area contributed by atoms with E-state index in [0.29, 0.717) is 19.0 Å². The van der Waals surface area contributed by atoms with E-state index in [1.54, 1.807) is 0 Å². The highest BCUT2D eigenvalue weighted by molar-refractivity contribution is 14.1. The Balaban J connectivity index is 1.61. The molecule has 2 aliphatic rings. The quantitative estimate of drug-likeness (QED) is 0.774. The molecule has 1 N–H and O–H groups in total. The van der Waals surface area contributed by atoms with Crippen molar-refractivity contribution >= 4 is 40.1 Å². The van der Waals surface area contributed by atoms with Crippen molar-refractivity contribution < 1.29 is 9.59 Å². The second-order valence-corrected chi connectivity index (χ2v) is 7.48. The molecule has 1 heterocycles. The molecule has 1 saturated heterocycles. The van der Waals surface area contributed by atoms with Crippen molar-refractivity contribution in [2.45, 2.75) is 44.6 Å². The first kappa shape index (κ1) is 15.8. The van der Waals surface area contributed by atoms with Crippen LogP contribution in [0.3, 0.4) is 0 Å². The monoisotopic (exact) mass is 412 g/mol. The van der Waals surface area contributed by atoms with E-state index in [1.807, 2.05) is 29.2 Å². The summed E-state index contributed by atoms with van der Waals surface area (Å²) >= 11 is 2.22. The van der Waals surface area contributed by atoms with Crippen LogP contribution in [0.4, 0.5) is 5.69 Å². The zero-order valence-corrected chi connectivity index (χ0v) is 14.7. The first-order valence-corrected chi connectivity index (χ1v) is 9.07. The molecule has 3 rings (SSSR count). The maximum Gasteiger partial charge on any atom is 0.229 e. The van der Waals surface area contributed by atoms with Gasteiger partial charge in [-0.2, -0.15) is 0 Å². The van der Waals surface area contributed by atoms with E-state index < -0.39 is 0 Å². The molecule has 1 aliphatic heterocycles. The summed E-state index contributed by atoms with van der Waals surface area (Å²) in [5, 5.41) is 2.95. The maximum atomic E-state index is 12.4. The number of anilines is 1. The third kappa shape index (κ3) is 3.62. The van der Waals surface area contributed by atoms with Gasteiger partial charge in [0.1, 0.15) is 0 Å². The highest BCUT2D eigenvalue weighted by Gasteiger charge is 2.38. The van der Waals surface area contributed by atoms with E-state index in [2.05, 4.69) is 27.9 Å². The number of benzene rings is 1. The highest BCUT2D eigenvalue weighted by atomic mass is 127. The molecule has 2 amide bonds. The lowest BCUT2D eigenvalue weighted by molar-refractivity contribution is -0.130. The van der Waals surface area contributed by atoms with E-state index >= 15 is 0 Å². The molecular formula is C17H21IN2O2. The standard InChI is InChI=1S/C17H21IN2O2/c18-13-5-4-6-14(10-13)19-17(22)12-9-16(21)20(11-12)15-7-2-1-3-8-15/h4-6,10,12,15H,1-3,7-9,11H2,(H,19,22). The topological polar surface area (TPSA) is 49.4 Å². The summed E-state index contributed by atoms with van der Waals surface area (Å²) in [7, 11) is 0. The SMILES string of the molecule is O=C(Nc1cccc(I)c1)C1CC(=O)N(C2CCCCC2)C1. The van der Waals surface area contributed by atoms with Crippen molar-refractivity contribution in [2.75, 3.05) is 11.9 Å². The van der Waals surface area contributed by atoms with Gasteiger partial charge in [-0.05, 0) is 53.6 Å². The van der Waals surface area contributed by atoms with Gasteiger partial charge < -0.3 is 10.2 Å². The molecule has 1 saturated carbocycles. The highest BCUT2D eigenvalue weighted by Crippen LogP contribution is 2.29. The van der Waals surface area contributed by atoms with Crippen LogP contribution < -0.4 is 5.32 Å². The summed E-state index contributed by atoms with van der Waals surface area (Å²) < 4.78 is 1.08. The van der Waals surface area contributed by atoms with E-state index in [9.17, 15) is 9.59 Å². The Morgan fingerprint density at radius 1 is 1.23 bits per heavy atom. The Morgan fingerprint density at radius 2 is 2.00 bits per heavy atom. The predicted molar refractivity (Wildman–Crippen MR) is 94.5 cm³/mol. The molecule has 0 radical (unpaired) electrons. The Hall–Kier alpha value is -1.11. The number of carbonyl (C=O) groups is 2. The third-order valence-electron chi connectivity index (χ3n) is 4.64. The first-order chi connectivity index (χ1) is 10.6. The fourth-order valence-corrected chi connectivity index (χ4v) is 4.01. The smallest absolute Gasteiger partial charge is 0.229 e. The second-order valence-electron chi connectivity index (χ2n) is 6.24. The number of likely N-dealkylation sites (tertiary alicyclic amines) is 1. The van der Waals surface area contributed by atoms with Crippen LogP contribution in [0.5, 0.6) is 0 Å². The van der Waals surface area contributed by atoms with Gasteiger partial charge in [0.25, 0.3) is 0 Å². The second kappa shape index (κ2) is 6.98. The number of hydrogen-bond acceptors (Lipinski definition) is 2. The summed E-state index contributed by atoms with van der Waals surface area (Å²) in [6, 6.07) is 8.09. The van der Waals surface area contributed by atoms with Gasteiger partial charge in [0, 0.05) is 28.3 Å². The van der Waals surface area contributed by atoms with Crippen molar-refractivity contribution in [3.05, 3.63) is 27.8 Å². The van der Waals surface area contributed by atoms with Crippen LogP contribution in [0.1, 0.15) is 38.5 Å². The number of nitrogens with zero attached hydrogens (tertiary/aromatic N) is 1. The average Bonchev–Trinajstić information content (AvgIpc) is 2.90. The number of amides is 2. The Labute approximate surface area is 144 Å². The molecule has 22 heavy (non-hydrogen) atoms. The van der Waals surface area contributed by atoms with Crippen molar-refractivity contribution in [1.29, 1.82) is 0 Å². The molecule has 5 heteroatoms. The van der Waals surface area contributed by atoms with Gasteiger partial charge in [-0.15, -0.1) is 0 Å². The van der Waals surface area contributed by atoms with Gasteiger partial charge in [0.2, 0.25) is 11.8 Å². The van der Waals surface area contributed by atoms with Gasteiger partial charge in [-0.1, -0.05) is 25.3 Å². The van der Waals surface area contributed by atoms with Crippen molar-refractivity contribution in [1.82, 2.24) is 4.90 Å². The van der Waals surface area contributed by atoms with Crippen LogP contribution in [-0.4, -0.2) is 29.3 Å². The van der Waals surface area contributed by atoms with E-state index in [-0.39, 0.29) is 17.7 Å². The molecule has 1 unspecified atom stereocenters. The zero-order chi connectivity index (χ0) is 15.5. The zero-order valence-electron chi connectivity index (χ0n) is 12.6. The molecule has 1 atom stereocenters. The minimum Gasteiger partial charge on any atom is -0.339 e. The minimum atomic E-state index is -0.215. The summed E-state index contributed by atoms with van der Waals surface area (Å²) in [6.07, 6.45) is 6.22. The Bertz CT molecular complexity index is 570. The normalized spacial score (nSPS) is 22.9. The van der Waals surface area contributed by atoms with Crippen LogP contribution in [0, 0.1) is 9.49 Å². The number of nitrogens with one attached hydrogen (secondary N) is 1. The fraction of sp³-hybridized carbons (Fsp3) is 0.529. The maximum absolute atomic E-state index is 12.4. The molecular weight excluding hydrogens is 391 g/mol. The molecule has 1 aromatic carbocycles. The van der Waals surface area contributed by atoms with Crippen LogP contribution in [0.15, 0.2) is 24.3 Å². The van der Waals surface area contributed by atoms with Gasteiger partial charge >= 0.3 is 0 Å². The molecule has 0 spiro atoms. The number of halogens is 1. The van der Waals surface area contributed by atoms with Gasteiger partial charge in [0.05, 0.1) is 5.92 Å². The predicted octanol–water partition coefficient (Wildman–Crippen LogP) is 3.41. The molecule has 2 fully saturated rings. The molecule has 4 nitrogen and oxygen atoms in total. The van der Waals surface area contributed by atoms with Crippen molar-refractivity contribution in [3.63, 3.8) is 0 Å². The van der Waals surface area contributed by atoms with Crippen LogP contribution in [0.2, 0.25) is 0 Å². The van der Waals surface area contributed by atoms with Crippen molar-refractivity contribution in [3.8, 4) is 0 Å². The molecule has 0 aromatic heterocycles. The van der Waals surface area contributed by atoms with Gasteiger partial charge in [-0.25, -0.2) is 0 Å². The van der Waals surface area contributed by atoms with Crippen molar-refractivity contribution in [2.24, 2.45) is 5.92 Å². The summed E-state index contributed by atoms with van der Waals surface area (Å²) in [4.78, 5) is 26.6. The minimum absolute atomic E-state index is 0.0336.